The minimum Gasteiger partial charge on any atom is -0.480 e. The fraction of sp³-hybridized carbons (Fsp3) is 0.318. The van der Waals surface area contributed by atoms with Crippen molar-refractivity contribution in [1.82, 2.24) is 10.2 Å². The molecule has 2 aromatic carbocycles. The number of hydrogen-bond acceptors (Lipinski definition) is 4. The molecule has 9 heteroatoms. The standard InChI is InChI=1S/C22H20F2N2O5/c23-22(24)9-18(20(28)29)26(12-22)19(27)10-25-21(30)31-11-17-15-7-3-1-5-13(15)14-6-2-4-8-16(14)17/h1-8,17-18H,9-12H2,(H,25,30)(H,28,29)/t18-/m0/s1. The lowest BCUT2D eigenvalue weighted by atomic mass is 9.98. The van der Waals surface area contributed by atoms with Gasteiger partial charge in [0.05, 0.1) is 6.54 Å². The predicted octanol–water partition coefficient (Wildman–Crippen LogP) is 2.85. The monoisotopic (exact) mass is 430 g/mol. The van der Waals surface area contributed by atoms with E-state index in [2.05, 4.69) is 5.32 Å². The summed E-state index contributed by atoms with van der Waals surface area (Å²) in [5.74, 6) is -5.85. The molecular formula is C22H20F2N2O5. The highest BCUT2D eigenvalue weighted by Gasteiger charge is 2.50. The van der Waals surface area contributed by atoms with Crippen molar-refractivity contribution in [2.24, 2.45) is 0 Å². The lowest BCUT2D eigenvalue weighted by molar-refractivity contribution is -0.147. The Kier molecular flexibility index (Phi) is 5.34. The molecule has 1 saturated heterocycles. The van der Waals surface area contributed by atoms with Crippen LogP contribution in [0, 0.1) is 0 Å². The maximum atomic E-state index is 13.5. The third-order valence-corrected chi connectivity index (χ3v) is 5.60. The van der Waals surface area contributed by atoms with Gasteiger partial charge in [-0.1, -0.05) is 48.5 Å². The molecule has 0 radical (unpaired) electrons. The molecule has 1 atom stereocenters. The molecule has 0 aromatic heterocycles. The fourth-order valence-electron chi connectivity index (χ4n) is 4.20. The zero-order chi connectivity index (χ0) is 22.2. The molecule has 0 unspecified atom stereocenters. The van der Waals surface area contributed by atoms with Crippen molar-refractivity contribution in [1.29, 1.82) is 0 Å². The smallest absolute Gasteiger partial charge is 0.407 e. The number of likely N-dealkylation sites (tertiary alicyclic amines) is 1. The number of carbonyl (C=O) groups excluding carboxylic acids is 2. The molecule has 2 aromatic rings. The number of carbonyl (C=O) groups is 3. The van der Waals surface area contributed by atoms with Gasteiger partial charge in [0.2, 0.25) is 5.91 Å². The van der Waals surface area contributed by atoms with Gasteiger partial charge in [-0.3, -0.25) is 4.79 Å². The van der Waals surface area contributed by atoms with Crippen molar-refractivity contribution < 1.29 is 33.0 Å². The lowest BCUT2D eigenvalue weighted by Crippen LogP contribution is -2.46. The summed E-state index contributed by atoms with van der Waals surface area (Å²) in [5.41, 5.74) is 4.18. The van der Waals surface area contributed by atoms with Crippen LogP contribution in [0.25, 0.3) is 11.1 Å². The summed E-state index contributed by atoms with van der Waals surface area (Å²) < 4.78 is 32.3. The van der Waals surface area contributed by atoms with Gasteiger partial charge in [-0.15, -0.1) is 0 Å². The maximum Gasteiger partial charge on any atom is 0.407 e. The van der Waals surface area contributed by atoms with Crippen molar-refractivity contribution >= 4 is 18.0 Å². The Morgan fingerprint density at radius 1 is 1.06 bits per heavy atom. The van der Waals surface area contributed by atoms with Crippen LogP contribution in [0.15, 0.2) is 48.5 Å². The van der Waals surface area contributed by atoms with Crippen LogP contribution in [0.5, 0.6) is 0 Å². The number of alkyl carbamates (subject to hydrolysis) is 1. The number of amides is 2. The molecule has 1 aliphatic carbocycles. The molecule has 2 amide bonds. The molecule has 4 rings (SSSR count). The summed E-state index contributed by atoms with van der Waals surface area (Å²) in [6.07, 6.45) is -1.83. The summed E-state index contributed by atoms with van der Waals surface area (Å²) >= 11 is 0. The number of fused-ring (bicyclic) bond motifs is 3. The van der Waals surface area contributed by atoms with Crippen molar-refractivity contribution in [3.63, 3.8) is 0 Å². The number of benzene rings is 2. The Labute approximate surface area is 176 Å². The van der Waals surface area contributed by atoms with E-state index in [1.165, 1.54) is 0 Å². The lowest BCUT2D eigenvalue weighted by Gasteiger charge is -2.21. The first-order chi connectivity index (χ1) is 14.8. The summed E-state index contributed by atoms with van der Waals surface area (Å²) in [4.78, 5) is 36.0. The number of aliphatic carboxylic acids is 1. The summed E-state index contributed by atoms with van der Waals surface area (Å²) in [7, 11) is 0. The zero-order valence-corrected chi connectivity index (χ0v) is 16.4. The van der Waals surface area contributed by atoms with Gasteiger partial charge < -0.3 is 20.1 Å². The molecule has 0 bridgehead atoms. The number of hydrogen-bond donors (Lipinski definition) is 2. The van der Waals surface area contributed by atoms with Crippen LogP contribution in [-0.4, -0.2) is 59.6 Å². The van der Waals surface area contributed by atoms with E-state index in [4.69, 9.17) is 9.84 Å². The second kappa shape index (κ2) is 7.98. The molecule has 7 nitrogen and oxygen atoms in total. The quantitative estimate of drug-likeness (QED) is 0.761. The molecule has 0 spiro atoms. The van der Waals surface area contributed by atoms with Gasteiger partial charge in [0.15, 0.2) is 0 Å². The summed E-state index contributed by atoms with van der Waals surface area (Å²) in [5, 5.41) is 11.3. The third kappa shape index (κ3) is 4.08. The molecule has 31 heavy (non-hydrogen) atoms. The summed E-state index contributed by atoms with van der Waals surface area (Å²) in [6.45, 7) is -1.58. The number of nitrogens with zero attached hydrogens (tertiary/aromatic N) is 1. The number of carboxylic acid groups (broad SMARTS) is 1. The highest BCUT2D eigenvalue weighted by molar-refractivity contribution is 5.87. The summed E-state index contributed by atoms with van der Waals surface area (Å²) in [6, 6.07) is 14.0. The van der Waals surface area contributed by atoms with Crippen molar-refractivity contribution in [3.8, 4) is 11.1 Å². The Balaban J connectivity index is 1.35. The topological polar surface area (TPSA) is 95.9 Å². The molecule has 1 fully saturated rings. The number of rotatable bonds is 5. The molecular weight excluding hydrogens is 410 g/mol. The van der Waals surface area contributed by atoms with Gasteiger partial charge in [0.25, 0.3) is 5.92 Å². The van der Waals surface area contributed by atoms with Gasteiger partial charge in [-0.05, 0) is 22.3 Å². The zero-order valence-electron chi connectivity index (χ0n) is 16.4. The highest BCUT2D eigenvalue weighted by atomic mass is 19.3. The van der Waals surface area contributed by atoms with E-state index < -0.39 is 49.4 Å². The van der Waals surface area contributed by atoms with Crippen LogP contribution in [0.1, 0.15) is 23.5 Å². The molecule has 162 valence electrons. The van der Waals surface area contributed by atoms with E-state index in [9.17, 15) is 23.2 Å². The fourth-order valence-corrected chi connectivity index (χ4v) is 4.20. The molecule has 1 aliphatic heterocycles. The Bertz CT molecular complexity index is 997. The Morgan fingerprint density at radius 3 is 2.23 bits per heavy atom. The third-order valence-electron chi connectivity index (χ3n) is 5.60. The number of nitrogens with one attached hydrogen (secondary N) is 1. The van der Waals surface area contributed by atoms with Crippen molar-refractivity contribution in [2.45, 2.75) is 24.3 Å². The van der Waals surface area contributed by atoms with Gasteiger partial charge >= 0.3 is 12.1 Å². The average molecular weight is 430 g/mol. The van der Waals surface area contributed by atoms with Gasteiger partial charge in [0.1, 0.15) is 19.2 Å². The first-order valence-corrected chi connectivity index (χ1v) is 9.76. The molecule has 2 aliphatic rings. The number of alkyl halides is 2. The van der Waals surface area contributed by atoms with Gasteiger partial charge in [-0.25, -0.2) is 18.4 Å². The van der Waals surface area contributed by atoms with Crippen LogP contribution in [0.2, 0.25) is 0 Å². The number of carboxylic acids is 1. The molecule has 1 heterocycles. The van der Waals surface area contributed by atoms with Crippen LogP contribution in [-0.2, 0) is 14.3 Å². The Morgan fingerprint density at radius 2 is 1.65 bits per heavy atom. The van der Waals surface area contributed by atoms with E-state index in [1.54, 1.807) is 0 Å². The van der Waals surface area contributed by atoms with Crippen LogP contribution in [0.4, 0.5) is 13.6 Å². The molecule has 2 N–H and O–H groups in total. The second-order valence-electron chi connectivity index (χ2n) is 7.61. The van der Waals surface area contributed by atoms with E-state index >= 15 is 0 Å². The largest absolute Gasteiger partial charge is 0.480 e. The first kappa shape index (κ1) is 20.8. The van der Waals surface area contributed by atoms with E-state index in [0.717, 1.165) is 22.3 Å². The predicted molar refractivity (Wildman–Crippen MR) is 106 cm³/mol. The minimum absolute atomic E-state index is 0.0353. The first-order valence-electron chi connectivity index (χ1n) is 9.76. The average Bonchev–Trinajstić information content (AvgIpc) is 3.25. The maximum absolute atomic E-state index is 13.5. The van der Waals surface area contributed by atoms with Crippen LogP contribution < -0.4 is 5.32 Å². The normalized spacial score (nSPS) is 18.9. The van der Waals surface area contributed by atoms with Crippen LogP contribution >= 0.6 is 0 Å². The van der Waals surface area contributed by atoms with Crippen molar-refractivity contribution in [2.75, 3.05) is 19.7 Å². The van der Waals surface area contributed by atoms with E-state index in [0.29, 0.717) is 4.90 Å². The van der Waals surface area contributed by atoms with Gasteiger partial charge in [-0.2, -0.15) is 0 Å². The van der Waals surface area contributed by atoms with Gasteiger partial charge in [0, 0.05) is 12.3 Å². The van der Waals surface area contributed by atoms with Crippen LogP contribution in [0.3, 0.4) is 0 Å². The van der Waals surface area contributed by atoms with Crippen molar-refractivity contribution in [3.05, 3.63) is 59.7 Å². The highest BCUT2D eigenvalue weighted by Crippen LogP contribution is 2.44. The van der Waals surface area contributed by atoms with E-state index in [-0.39, 0.29) is 12.5 Å². The second-order valence-corrected chi connectivity index (χ2v) is 7.61. The number of halogens is 2. The number of ether oxygens (including phenoxy) is 1. The van der Waals surface area contributed by atoms with E-state index in [1.807, 2.05) is 48.5 Å². The minimum atomic E-state index is -3.28. The SMILES string of the molecule is O=C(NCC(=O)N1CC(F)(F)C[C@H]1C(=O)O)OCC1c2ccccc2-c2ccccc21. The Hall–Kier alpha value is -3.49. The molecule has 0 saturated carbocycles.